The van der Waals surface area contributed by atoms with Gasteiger partial charge in [-0.3, -0.25) is 0 Å². The lowest BCUT2D eigenvalue weighted by Crippen LogP contribution is -2.27. The van der Waals surface area contributed by atoms with E-state index in [4.69, 9.17) is 0 Å². The average molecular weight is 308 g/mol. The van der Waals surface area contributed by atoms with Crippen molar-refractivity contribution in [1.82, 2.24) is 4.83 Å². The van der Waals surface area contributed by atoms with Crippen LogP contribution in [0.25, 0.3) is 0 Å². The van der Waals surface area contributed by atoms with Crippen LogP contribution in [0.3, 0.4) is 0 Å². The van der Waals surface area contributed by atoms with Gasteiger partial charge >= 0.3 is 0 Å². The van der Waals surface area contributed by atoms with Crippen LogP contribution in [0.1, 0.15) is 45.6 Å². The second kappa shape index (κ2) is 5.79. The molecule has 0 radical (unpaired) electrons. The van der Waals surface area contributed by atoms with Crippen molar-refractivity contribution in [1.29, 1.82) is 0 Å². The minimum Gasteiger partial charge on any atom is -0.200 e. The van der Waals surface area contributed by atoms with E-state index in [-0.39, 0.29) is 10.3 Å². The highest BCUT2D eigenvalue weighted by atomic mass is 32.2. The minimum absolute atomic E-state index is 0.116. The summed E-state index contributed by atoms with van der Waals surface area (Å²) in [4.78, 5) is 2.65. The topological polar surface area (TPSA) is 58.5 Å². The van der Waals surface area contributed by atoms with Gasteiger partial charge in [0.1, 0.15) is 0 Å². The summed E-state index contributed by atoms with van der Waals surface area (Å²) in [5.74, 6) is 0.346. The number of benzene rings is 1. The molecule has 0 spiro atoms. The molecule has 0 aromatic heterocycles. The maximum absolute atomic E-state index is 12.2. The lowest BCUT2D eigenvalue weighted by atomic mass is 9.79. The Bertz CT molecular complexity index is 625. The third kappa shape index (κ3) is 3.84. The molecule has 1 unspecified atom stereocenters. The highest BCUT2D eigenvalue weighted by Crippen LogP contribution is 2.37. The summed E-state index contributed by atoms with van der Waals surface area (Å²) in [7, 11) is -3.57. The van der Waals surface area contributed by atoms with E-state index in [0.717, 1.165) is 30.5 Å². The zero-order valence-electron chi connectivity index (χ0n) is 13.2. The number of hydrogen-bond donors (Lipinski definition) is 1. The number of rotatable bonds is 3. The van der Waals surface area contributed by atoms with E-state index in [1.165, 1.54) is 0 Å². The molecule has 1 N–H and O–H groups in total. The van der Waals surface area contributed by atoms with Crippen molar-refractivity contribution in [2.24, 2.45) is 16.4 Å². The van der Waals surface area contributed by atoms with Crippen molar-refractivity contribution < 1.29 is 8.42 Å². The van der Waals surface area contributed by atoms with Gasteiger partial charge in [-0.15, -0.1) is 0 Å². The van der Waals surface area contributed by atoms with Crippen molar-refractivity contribution in [2.45, 2.75) is 51.9 Å². The summed E-state index contributed by atoms with van der Waals surface area (Å²) in [5.41, 5.74) is 2.12. The molecule has 1 saturated carbocycles. The van der Waals surface area contributed by atoms with Gasteiger partial charge < -0.3 is 0 Å². The highest BCUT2D eigenvalue weighted by Gasteiger charge is 2.33. The van der Waals surface area contributed by atoms with Gasteiger partial charge in [0, 0.05) is 11.6 Å². The van der Waals surface area contributed by atoms with E-state index in [0.29, 0.717) is 5.92 Å². The molecule has 1 atom stereocenters. The molecule has 0 bridgehead atoms. The molecule has 1 aromatic rings. The number of nitrogens with zero attached hydrogens (tertiary/aromatic N) is 1. The molecule has 0 saturated heterocycles. The van der Waals surface area contributed by atoms with Gasteiger partial charge in [-0.2, -0.15) is 13.5 Å². The van der Waals surface area contributed by atoms with E-state index < -0.39 is 10.0 Å². The van der Waals surface area contributed by atoms with Crippen molar-refractivity contribution in [3.63, 3.8) is 0 Å². The number of hydrazone groups is 1. The molecule has 21 heavy (non-hydrogen) atoms. The Hall–Kier alpha value is -1.36. The van der Waals surface area contributed by atoms with E-state index in [2.05, 4.69) is 30.7 Å². The average Bonchev–Trinajstić information content (AvgIpc) is 2.85. The van der Waals surface area contributed by atoms with Gasteiger partial charge in [0.05, 0.1) is 4.90 Å². The first-order valence-corrected chi connectivity index (χ1v) is 8.83. The Labute approximate surface area is 127 Å². The summed E-state index contributed by atoms with van der Waals surface area (Å²) < 4.78 is 24.5. The molecule has 0 aliphatic heterocycles. The van der Waals surface area contributed by atoms with Crippen LogP contribution < -0.4 is 4.83 Å². The van der Waals surface area contributed by atoms with Crippen LogP contribution in [0.2, 0.25) is 0 Å². The third-order valence-corrected chi connectivity index (χ3v) is 5.24. The van der Waals surface area contributed by atoms with Gasteiger partial charge in [0.25, 0.3) is 10.0 Å². The van der Waals surface area contributed by atoms with Crippen LogP contribution in [0, 0.1) is 18.3 Å². The van der Waals surface area contributed by atoms with E-state index in [1.807, 2.05) is 6.92 Å². The molecule has 5 heteroatoms. The molecule has 1 aliphatic carbocycles. The van der Waals surface area contributed by atoms with Crippen molar-refractivity contribution in [2.75, 3.05) is 0 Å². The molecule has 1 aliphatic rings. The van der Waals surface area contributed by atoms with E-state index in [1.54, 1.807) is 24.3 Å². The predicted octanol–water partition coefficient (Wildman–Crippen LogP) is 3.48. The largest absolute Gasteiger partial charge is 0.276 e. The van der Waals surface area contributed by atoms with Gasteiger partial charge in [-0.05, 0) is 43.7 Å². The standard InChI is InChI=1S/C16H24N2O2S/c1-12-8-10-13(11-9-12)21(19,20)18-17-15-7-5-6-14(15)16(2,3)4/h8-11,14,18H,5-7H2,1-4H3/b17-15-. The van der Waals surface area contributed by atoms with Crippen LogP contribution in [0.5, 0.6) is 0 Å². The monoisotopic (exact) mass is 308 g/mol. The van der Waals surface area contributed by atoms with E-state index >= 15 is 0 Å². The Morgan fingerprint density at radius 3 is 2.38 bits per heavy atom. The van der Waals surface area contributed by atoms with Gasteiger partial charge in [-0.1, -0.05) is 38.5 Å². The Kier molecular flexibility index (Phi) is 4.42. The highest BCUT2D eigenvalue weighted by molar-refractivity contribution is 7.89. The molecular weight excluding hydrogens is 284 g/mol. The first kappa shape index (κ1) is 16.0. The Morgan fingerprint density at radius 1 is 1.19 bits per heavy atom. The van der Waals surface area contributed by atoms with Crippen molar-refractivity contribution >= 4 is 15.7 Å². The zero-order valence-corrected chi connectivity index (χ0v) is 14.0. The minimum atomic E-state index is -3.57. The molecule has 2 rings (SSSR count). The maximum atomic E-state index is 12.2. The molecule has 0 heterocycles. The second-order valence-electron chi connectivity index (χ2n) is 6.82. The third-order valence-electron chi connectivity index (χ3n) is 4.01. The molecule has 116 valence electrons. The van der Waals surface area contributed by atoms with Crippen LogP contribution in [-0.4, -0.2) is 14.1 Å². The molecule has 4 nitrogen and oxygen atoms in total. The molecular formula is C16H24N2O2S. The fraction of sp³-hybridized carbons (Fsp3) is 0.562. The summed E-state index contributed by atoms with van der Waals surface area (Å²) >= 11 is 0. The fourth-order valence-electron chi connectivity index (χ4n) is 2.78. The molecule has 0 amide bonds. The first-order valence-electron chi connectivity index (χ1n) is 7.35. The quantitative estimate of drug-likeness (QED) is 0.869. The maximum Gasteiger partial charge on any atom is 0.276 e. The summed E-state index contributed by atoms with van der Waals surface area (Å²) in [5, 5.41) is 4.22. The van der Waals surface area contributed by atoms with Crippen LogP contribution in [0.15, 0.2) is 34.3 Å². The zero-order chi connectivity index (χ0) is 15.7. The number of aryl methyl sites for hydroxylation is 1. The van der Waals surface area contributed by atoms with Crippen LogP contribution in [0.4, 0.5) is 0 Å². The summed E-state index contributed by atoms with van der Waals surface area (Å²) in [6, 6.07) is 6.78. The number of nitrogens with one attached hydrogen (secondary N) is 1. The first-order chi connectivity index (χ1) is 9.70. The SMILES string of the molecule is Cc1ccc(S(=O)(=O)N/N=C2/CCCC2C(C)(C)C)cc1. The number of hydrogen-bond acceptors (Lipinski definition) is 3. The van der Waals surface area contributed by atoms with Crippen molar-refractivity contribution in [3.8, 4) is 0 Å². The van der Waals surface area contributed by atoms with Crippen LogP contribution >= 0.6 is 0 Å². The fourth-order valence-corrected chi connectivity index (χ4v) is 3.62. The normalized spacial score (nSPS) is 21.7. The second-order valence-corrected chi connectivity index (χ2v) is 8.48. The van der Waals surface area contributed by atoms with Crippen LogP contribution in [-0.2, 0) is 10.0 Å². The summed E-state index contributed by atoms with van der Waals surface area (Å²) in [6.45, 7) is 8.45. The van der Waals surface area contributed by atoms with Crippen molar-refractivity contribution in [3.05, 3.63) is 29.8 Å². The lowest BCUT2D eigenvalue weighted by Gasteiger charge is -2.27. The predicted molar refractivity (Wildman–Crippen MR) is 85.7 cm³/mol. The van der Waals surface area contributed by atoms with E-state index in [9.17, 15) is 8.42 Å². The van der Waals surface area contributed by atoms with Gasteiger partial charge in [0.2, 0.25) is 0 Å². The molecule has 1 aromatic carbocycles. The lowest BCUT2D eigenvalue weighted by molar-refractivity contribution is 0.310. The Balaban J connectivity index is 2.17. The van der Waals surface area contributed by atoms with Gasteiger partial charge in [0.15, 0.2) is 0 Å². The number of sulfonamides is 1. The summed E-state index contributed by atoms with van der Waals surface area (Å²) in [6.07, 6.45) is 3.03. The smallest absolute Gasteiger partial charge is 0.200 e. The molecule has 1 fully saturated rings. The Morgan fingerprint density at radius 2 is 1.81 bits per heavy atom. The van der Waals surface area contributed by atoms with Gasteiger partial charge in [-0.25, -0.2) is 4.83 Å².